The number of amidine groups is 1. The zero-order valence-electron chi connectivity index (χ0n) is 10.7. The molecule has 0 unspecified atom stereocenters. The first-order valence-electron chi connectivity index (χ1n) is 6.23. The molecule has 102 valence electrons. The van der Waals surface area contributed by atoms with E-state index in [2.05, 4.69) is 39.7 Å². The molecule has 0 saturated carbocycles. The highest BCUT2D eigenvalue weighted by atomic mass is 35.5. The highest BCUT2D eigenvalue weighted by Crippen LogP contribution is 2.47. The second kappa shape index (κ2) is 4.98. The maximum atomic E-state index is 6.44. The molecular formula is C14H11ClN2S3. The SMILES string of the molecule is CSC1=C(c2cc(Cl)c3ccsc3c2)N2CCN=C2S1. The maximum absolute atomic E-state index is 6.44. The van der Waals surface area contributed by atoms with E-state index in [0.717, 1.165) is 28.7 Å². The molecule has 4 rings (SSSR count). The van der Waals surface area contributed by atoms with Crippen LogP contribution in [0.25, 0.3) is 15.8 Å². The molecule has 3 heterocycles. The summed E-state index contributed by atoms with van der Waals surface area (Å²) in [5.74, 6) is 0. The van der Waals surface area contributed by atoms with Gasteiger partial charge in [-0.15, -0.1) is 23.1 Å². The third-order valence-electron chi connectivity index (χ3n) is 3.43. The first kappa shape index (κ1) is 13.1. The number of benzene rings is 1. The van der Waals surface area contributed by atoms with Crippen molar-refractivity contribution in [1.29, 1.82) is 0 Å². The van der Waals surface area contributed by atoms with Crippen LogP contribution in [0.2, 0.25) is 5.02 Å². The summed E-state index contributed by atoms with van der Waals surface area (Å²) in [4.78, 5) is 6.89. The third-order valence-corrected chi connectivity index (χ3v) is 6.83. The van der Waals surface area contributed by atoms with Crippen molar-refractivity contribution in [2.45, 2.75) is 0 Å². The number of thiophene rings is 1. The van der Waals surface area contributed by atoms with Crippen LogP contribution >= 0.6 is 46.5 Å². The van der Waals surface area contributed by atoms with Crippen molar-refractivity contribution in [2.75, 3.05) is 19.3 Å². The molecule has 2 aliphatic heterocycles. The Bertz CT molecular complexity index is 763. The monoisotopic (exact) mass is 338 g/mol. The highest BCUT2D eigenvalue weighted by Gasteiger charge is 2.33. The number of nitrogens with zero attached hydrogens (tertiary/aromatic N) is 2. The van der Waals surface area contributed by atoms with Gasteiger partial charge in [0.2, 0.25) is 0 Å². The van der Waals surface area contributed by atoms with Gasteiger partial charge in [0.05, 0.1) is 16.5 Å². The summed E-state index contributed by atoms with van der Waals surface area (Å²) in [6.07, 6.45) is 2.12. The summed E-state index contributed by atoms with van der Waals surface area (Å²) in [5.41, 5.74) is 2.48. The minimum absolute atomic E-state index is 0.835. The van der Waals surface area contributed by atoms with E-state index in [4.69, 9.17) is 11.6 Å². The van der Waals surface area contributed by atoms with Crippen LogP contribution in [0.15, 0.2) is 32.8 Å². The summed E-state index contributed by atoms with van der Waals surface area (Å²) < 4.78 is 2.56. The molecule has 0 radical (unpaired) electrons. The Morgan fingerprint density at radius 1 is 1.40 bits per heavy atom. The van der Waals surface area contributed by atoms with Crippen molar-refractivity contribution in [3.8, 4) is 0 Å². The zero-order valence-corrected chi connectivity index (χ0v) is 13.9. The molecule has 0 amide bonds. The number of hydrogen-bond donors (Lipinski definition) is 0. The van der Waals surface area contributed by atoms with E-state index >= 15 is 0 Å². The Balaban J connectivity index is 1.90. The van der Waals surface area contributed by atoms with Gasteiger partial charge in [-0.25, -0.2) is 0 Å². The Hall–Kier alpha value is -0.620. The molecule has 0 N–H and O–H groups in total. The summed E-state index contributed by atoms with van der Waals surface area (Å²) in [6, 6.07) is 6.42. The zero-order chi connectivity index (χ0) is 13.7. The summed E-state index contributed by atoms with van der Waals surface area (Å²) in [6.45, 7) is 1.87. The van der Waals surface area contributed by atoms with Gasteiger partial charge in [-0.1, -0.05) is 11.6 Å². The van der Waals surface area contributed by atoms with Gasteiger partial charge in [0.25, 0.3) is 0 Å². The molecule has 1 aromatic carbocycles. The number of hydrogen-bond acceptors (Lipinski definition) is 5. The van der Waals surface area contributed by atoms with Crippen LogP contribution in [-0.4, -0.2) is 29.4 Å². The average molecular weight is 339 g/mol. The van der Waals surface area contributed by atoms with Gasteiger partial charge in [0.15, 0.2) is 5.17 Å². The predicted molar refractivity (Wildman–Crippen MR) is 93.9 cm³/mol. The van der Waals surface area contributed by atoms with Gasteiger partial charge in [-0.05, 0) is 41.6 Å². The summed E-state index contributed by atoms with van der Waals surface area (Å²) >= 11 is 11.7. The molecule has 1 aromatic heterocycles. The molecule has 0 aliphatic carbocycles. The standard InChI is InChI=1S/C14H11ClN2S3/c1-18-13-12(17-4-3-16-14(17)20-13)8-6-10(15)9-2-5-19-11(9)7-8/h2,5-7H,3-4H2,1H3. The molecule has 0 bridgehead atoms. The van der Waals surface area contributed by atoms with E-state index in [1.165, 1.54) is 20.2 Å². The molecule has 0 atom stereocenters. The van der Waals surface area contributed by atoms with Gasteiger partial charge in [-0.3, -0.25) is 4.99 Å². The number of thioether (sulfide) groups is 2. The van der Waals surface area contributed by atoms with Crippen LogP contribution in [0.1, 0.15) is 5.56 Å². The number of halogens is 1. The lowest BCUT2D eigenvalue weighted by atomic mass is 10.1. The molecular weight excluding hydrogens is 328 g/mol. The quantitative estimate of drug-likeness (QED) is 0.769. The minimum Gasteiger partial charge on any atom is -0.317 e. The fourth-order valence-corrected chi connectivity index (χ4v) is 5.65. The van der Waals surface area contributed by atoms with Crippen LogP contribution in [0.3, 0.4) is 0 Å². The van der Waals surface area contributed by atoms with Crippen molar-refractivity contribution in [3.63, 3.8) is 0 Å². The normalized spacial score (nSPS) is 18.1. The summed E-state index contributed by atoms with van der Waals surface area (Å²) in [5, 5.41) is 5.21. The molecule has 2 aliphatic rings. The van der Waals surface area contributed by atoms with Crippen molar-refractivity contribution in [2.24, 2.45) is 4.99 Å². The fraction of sp³-hybridized carbons (Fsp3) is 0.214. The smallest absolute Gasteiger partial charge is 0.169 e. The van der Waals surface area contributed by atoms with Crippen LogP contribution < -0.4 is 0 Å². The van der Waals surface area contributed by atoms with Crippen LogP contribution in [0.4, 0.5) is 0 Å². The second-order valence-electron chi connectivity index (χ2n) is 4.55. The molecule has 2 aromatic rings. The fourth-order valence-electron chi connectivity index (χ4n) is 2.54. The van der Waals surface area contributed by atoms with Gasteiger partial charge in [0.1, 0.15) is 0 Å². The first-order chi connectivity index (χ1) is 9.78. The number of rotatable bonds is 2. The molecule has 0 saturated heterocycles. The Kier molecular flexibility index (Phi) is 3.26. The molecule has 0 spiro atoms. The van der Waals surface area contributed by atoms with Crippen LogP contribution in [-0.2, 0) is 0 Å². The Labute approximate surface area is 134 Å². The van der Waals surface area contributed by atoms with Crippen molar-refractivity contribution in [1.82, 2.24) is 4.90 Å². The third kappa shape index (κ3) is 1.91. The van der Waals surface area contributed by atoms with Crippen LogP contribution in [0, 0.1) is 0 Å². The van der Waals surface area contributed by atoms with E-state index in [9.17, 15) is 0 Å². The molecule has 0 fully saturated rings. The maximum Gasteiger partial charge on any atom is 0.169 e. The lowest BCUT2D eigenvalue weighted by Crippen LogP contribution is -2.19. The largest absolute Gasteiger partial charge is 0.317 e. The molecule has 20 heavy (non-hydrogen) atoms. The Morgan fingerprint density at radius 2 is 2.30 bits per heavy atom. The van der Waals surface area contributed by atoms with E-state index < -0.39 is 0 Å². The molecule has 2 nitrogen and oxygen atoms in total. The van der Waals surface area contributed by atoms with E-state index in [1.807, 2.05) is 0 Å². The minimum atomic E-state index is 0.835. The predicted octanol–water partition coefficient (Wildman–Crippen LogP) is 4.96. The molecule has 6 heteroatoms. The van der Waals surface area contributed by atoms with E-state index in [1.54, 1.807) is 34.9 Å². The second-order valence-corrected chi connectivity index (χ2v) is 7.96. The summed E-state index contributed by atoms with van der Waals surface area (Å²) in [7, 11) is 0. The van der Waals surface area contributed by atoms with Gasteiger partial charge in [0, 0.05) is 27.2 Å². The Morgan fingerprint density at radius 3 is 3.15 bits per heavy atom. The van der Waals surface area contributed by atoms with E-state index in [0.29, 0.717) is 0 Å². The number of fused-ring (bicyclic) bond motifs is 2. The van der Waals surface area contributed by atoms with Crippen molar-refractivity contribution >= 4 is 67.4 Å². The first-order valence-corrected chi connectivity index (χ1v) is 9.53. The number of aliphatic imine (C=N–C) groups is 1. The topological polar surface area (TPSA) is 15.6 Å². The van der Waals surface area contributed by atoms with Gasteiger partial charge in [-0.2, -0.15) is 0 Å². The van der Waals surface area contributed by atoms with Gasteiger partial charge < -0.3 is 4.90 Å². The van der Waals surface area contributed by atoms with Crippen LogP contribution in [0.5, 0.6) is 0 Å². The lowest BCUT2D eigenvalue weighted by molar-refractivity contribution is 0.649. The average Bonchev–Trinajstić information content (AvgIpc) is 3.12. The van der Waals surface area contributed by atoms with Gasteiger partial charge >= 0.3 is 0 Å². The van der Waals surface area contributed by atoms with Crippen molar-refractivity contribution < 1.29 is 0 Å². The lowest BCUT2D eigenvalue weighted by Gasteiger charge is -2.17. The van der Waals surface area contributed by atoms with E-state index in [-0.39, 0.29) is 0 Å². The van der Waals surface area contributed by atoms with Crippen molar-refractivity contribution in [3.05, 3.63) is 38.4 Å². The highest BCUT2D eigenvalue weighted by molar-refractivity contribution is 8.30.